The summed E-state index contributed by atoms with van der Waals surface area (Å²) < 4.78 is 10.9. The van der Waals surface area contributed by atoms with E-state index in [0.717, 1.165) is 45.9 Å². The van der Waals surface area contributed by atoms with Crippen molar-refractivity contribution in [1.29, 1.82) is 0 Å². The second-order valence-electron chi connectivity index (χ2n) is 12.1. The van der Waals surface area contributed by atoms with Crippen LogP contribution < -0.4 is 9.30 Å². The normalized spacial score (nSPS) is 15.7. The Kier molecular flexibility index (Phi) is 7.50. The Morgan fingerprint density at radius 2 is 1.70 bits per heavy atom. The summed E-state index contributed by atoms with van der Waals surface area (Å²) in [6.07, 6.45) is 7.69. The predicted molar refractivity (Wildman–Crippen MR) is 155 cm³/mol. The molecule has 0 fully saturated rings. The van der Waals surface area contributed by atoms with Crippen molar-refractivity contribution in [3.63, 3.8) is 0 Å². The number of nitrogens with zero attached hydrogens (tertiary/aromatic N) is 3. The van der Waals surface area contributed by atoms with Gasteiger partial charge in [0.25, 0.3) is 0 Å². The molecule has 4 nitrogen and oxygen atoms in total. The van der Waals surface area contributed by atoms with Crippen LogP contribution in [0.3, 0.4) is 0 Å². The summed E-state index contributed by atoms with van der Waals surface area (Å²) in [6.45, 7) is 13.7. The van der Waals surface area contributed by atoms with E-state index in [-0.39, 0.29) is 30.9 Å². The maximum Gasteiger partial charge on any atom is 3.00 e. The van der Waals surface area contributed by atoms with Crippen molar-refractivity contribution >= 4 is 11.0 Å². The average molecular weight is 706 g/mol. The quantitative estimate of drug-likeness (QED) is 0.135. The van der Waals surface area contributed by atoms with Crippen LogP contribution in [-0.4, -0.2) is 9.55 Å². The molecule has 0 atom stereocenters. The molecule has 5 heteroatoms. The molecular formula is C35H35IrN3O+. The van der Waals surface area contributed by atoms with Crippen LogP contribution in [0.4, 0.5) is 0 Å². The number of rotatable bonds is 2. The minimum Gasteiger partial charge on any atom is -0.527 e. The average Bonchev–Trinajstić information content (AvgIpc) is 3.34. The molecule has 0 radical (unpaired) electrons. The number of para-hydroxylation sites is 1. The standard InChI is InChI=1S/C24H27N2O.C11H8N.Ir/c1-15(2)25-14-26-18-11-10-16-20(24(5,6)13-12-23(16,3)4)22(18)27-19-9-7-8-17(25)21(19)26;1-2-6-10(7-3-1)11-8-4-5-9-12-11;/h7-10,15H,12-13H2,1-6H3;1-6,8-9H;/q2*-1;+3. The molecule has 2 aliphatic rings. The number of imidazole rings is 1. The number of fused-ring (bicyclic) bond motifs is 4. The summed E-state index contributed by atoms with van der Waals surface area (Å²) in [5.41, 5.74) is 8.17. The van der Waals surface area contributed by atoms with Crippen molar-refractivity contribution < 1.29 is 29.4 Å². The number of aromatic nitrogens is 3. The first-order valence-corrected chi connectivity index (χ1v) is 13.8. The van der Waals surface area contributed by atoms with Crippen molar-refractivity contribution in [3.8, 4) is 28.4 Å². The number of benzene rings is 3. The van der Waals surface area contributed by atoms with Gasteiger partial charge in [0.05, 0.1) is 17.1 Å². The molecule has 3 heterocycles. The van der Waals surface area contributed by atoms with E-state index in [9.17, 15) is 0 Å². The van der Waals surface area contributed by atoms with Gasteiger partial charge in [-0.15, -0.1) is 47.0 Å². The van der Waals surface area contributed by atoms with Crippen molar-refractivity contribution in [2.75, 3.05) is 0 Å². The largest absolute Gasteiger partial charge is 3.00 e. The molecule has 7 rings (SSSR count). The summed E-state index contributed by atoms with van der Waals surface area (Å²) in [4.78, 5) is 4.22. The molecule has 40 heavy (non-hydrogen) atoms. The van der Waals surface area contributed by atoms with Crippen molar-refractivity contribution in [1.82, 2.24) is 9.55 Å². The Balaban J connectivity index is 0.000000209. The van der Waals surface area contributed by atoms with Gasteiger partial charge < -0.3 is 18.9 Å². The smallest absolute Gasteiger partial charge is 0.527 e. The van der Waals surface area contributed by atoms with E-state index in [0.29, 0.717) is 6.04 Å². The van der Waals surface area contributed by atoms with Crippen LogP contribution in [0.2, 0.25) is 0 Å². The van der Waals surface area contributed by atoms with Crippen molar-refractivity contribution in [3.05, 3.63) is 103 Å². The summed E-state index contributed by atoms with van der Waals surface area (Å²) in [7, 11) is 0. The fraction of sp³-hybridized carbons (Fsp3) is 0.314. The Morgan fingerprint density at radius 3 is 2.40 bits per heavy atom. The van der Waals surface area contributed by atoms with Gasteiger partial charge in [-0.1, -0.05) is 63.8 Å². The second-order valence-corrected chi connectivity index (χ2v) is 12.1. The van der Waals surface area contributed by atoms with E-state index < -0.39 is 0 Å². The number of ether oxygens (including phenoxy) is 1. The Bertz CT molecular complexity index is 1620. The van der Waals surface area contributed by atoms with Crippen molar-refractivity contribution in [2.45, 2.75) is 71.3 Å². The fourth-order valence-electron chi connectivity index (χ4n) is 5.84. The zero-order chi connectivity index (χ0) is 27.4. The molecule has 0 saturated heterocycles. The van der Waals surface area contributed by atoms with Crippen molar-refractivity contribution in [2.24, 2.45) is 0 Å². The minimum atomic E-state index is 0. The van der Waals surface area contributed by atoms with E-state index in [4.69, 9.17) is 4.74 Å². The first kappa shape index (κ1) is 28.3. The van der Waals surface area contributed by atoms with Gasteiger partial charge in [0.1, 0.15) is 5.75 Å². The molecule has 0 bridgehead atoms. The Labute approximate surface area is 251 Å². The van der Waals surface area contributed by atoms with Gasteiger partial charge in [-0.05, 0) is 49.2 Å². The minimum absolute atomic E-state index is 0. The molecule has 0 unspecified atom stereocenters. The molecule has 0 spiro atoms. The second kappa shape index (κ2) is 10.6. The predicted octanol–water partition coefficient (Wildman–Crippen LogP) is 8.10. The van der Waals surface area contributed by atoms with E-state index in [2.05, 4.69) is 98.4 Å². The van der Waals surface area contributed by atoms with Crippen LogP contribution in [-0.2, 0) is 30.9 Å². The SMILES string of the molecule is CC(C)n1[c-][n+]2c3c(cccc31)Oc1c-2[c-]cc2c1C(C)(C)CCC2(C)C.[Ir+3].[c-]1ccccc1-c1ccccn1. The molecule has 2 aromatic heterocycles. The van der Waals surface area contributed by atoms with E-state index >= 15 is 0 Å². The summed E-state index contributed by atoms with van der Waals surface area (Å²) in [5.74, 6) is 1.88. The molecular weight excluding hydrogens is 671 g/mol. The monoisotopic (exact) mass is 706 g/mol. The Morgan fingerprint density at radius 1 is 0.925 bits per heavy atom. The number of hydrogen-bond donors (Lipinski definition) is 0. The summed E-state index contributed by atoms with van der Waals surface area (Å²) >= 11 is 0. The molecule has 1 aliphatic heterocycles. The van der Waals surface area contributed by atoms with Crippen LogP contribution in [0.5, 0.6) is 11.5 Å². The third-order valence-electron chi connectivity index (χ3n) is 8.12. The van der Waals surface area contributed by atoms with Gasteiger partial charge in [0.2, 0.25) is 6.33 Å². The van der Waals surface area contributed by atoms with Crippen LogP contribution in [0.25, 0.3) is 28.0 Å². The van der Waals surface area contributed by atoms with Gasteiger partial charge in [0, 0.05) is 11.9 Å². The number of hydrogen-bond acceptors (Lipinski definition) is 2. The first-order chi connectivity index (χ1) is 18.7. The zero-order valence-corrected chi connectivity index (χ0v) is 26.4. The fourth-order valence-corrected chi connectivity index (χ4v) is 5.84. The molecule has 0 saturated carbocycles. The number of pyridine rings is 1. The maximum absolute atomic E-state index is 6.58. The first-order valence-electron chi connectivity index (χ1n) is 13.8. The maximum atomic E-state index is 6.58. The molecule has 0 amide bonds. The zero-order valence-electron chi connectivity index (χ0n) is 24.0. The van der Waals surface area contributed by atoms with Crippen LogP contribution in [0.1, 0.15) is 71.6 Å². The third-order valence-corrected chi connectivity index (χ3v) is 8.12. The van der Waals surface area contributed by atoms with E-state index in [1.165, 1.54) is 17.5 Å². The summed E-state index contributed by atoms with van der Waals surface area (Å²) in [6, 6.07) is 29.2. The van der Waals surface area contributed by atoms with E-state index in [1.54, 1.807) is 6.20 Å². The van der Waals surface area contributed by atoms with E-state index in [1.807, 2.05) is 42.5 Å². The van der Waals surface area contributed by atoms with Gasteiger partial charge >= 0.3 is 20.1 Å². The molecule has 3 aromatic carbocycles. The van der Waals surface area contributed by atoms with Gasteiger partial charge in [-0.2, -0.15) is 12.1 Å². The van der Waals surface area contributed by atoms with Crippen LogP contribution in [0.15, 0.2) is 72.9 Å². The molecule has 1 aliphatic carbocycles. The third kappa shape index (κ3) is 4.80. The van der Waals surface area contributed by atoms with Gasteiger partial charge in [0.15, 0.2) is 0 Å². The Hall–Kier alpha value is -3.27. The van der Waals surface area contributed by atoms with Crippen LogP contribution >= 0.6 is 0 Å². The van der Waals surface area contributed by atoms with Crippen LogP contribution in [0, 0.1) is 18.5 Å². The van der Waals surface area contributed by atoms with Gasteiger partial charge in [-0.25, -0.2) is 0 Å². The molecule has 5 aromatic rings. The molecule has 204 valence electrons. The topological polar surface area (TPSA) is 30.9 Å². The molecule has 0 N–H and O–H groups in total. The summed E-state index contributed by atoms with van der Waals surface area (Å²) in [5, 5.41) is 0. The van der Waals surface area contributed by atoms with Gasteiger partial charge in [-0.3, -0.25) is 0 Å².